The fourth-order valence-corrected chi connectivity index (χ4v) is 2.89. The fourth-order valence-electron chi connectivity index (χ4n) is 2.17. The maximum atomic E-state index is 11.9. The lowest BCUT2D eigenvalue weighted by Crippen LogP contribution is -2.24. The van der Waals surface area contributed by atoms with Gasteiger partial charge in [-0.05, 0) is 46.3 Å². The molecule has 7 nitrogen and oxygen atoms in total. The first-order valence-electron chi connectivity index (χ1n) is 7.58. The van der Waals surface area contributed by atoms with Crippen molar-refractivity contribution < 1.29 is 19.1 Å². The smallest absolute Gasteiger partial charge is 0.249 e. The van der Waals surface area contributed by atoms with Gasteiger partial charge in [-0.1, -0.05) is 23.2 Å². The Hall–Kier alpha value is -2.29. The number of fused-ring (bicyclic) bond motifs is 1. The predicted molar refractivity (Wildman–Crippen MR) is 106 cm³/mol. The largest absolute Gasteiger partial charge is 0.454 e. The lowest BCUT2D eigenvalue weighted by molar-refractivity contribution is -0.126. The number of anilines is 1. The minimum Gasteiger partial charge on any atom is -0.454 e. The summed E-state index contributed by atoms with van der Waals surface area (Å²) in [6.07, 6.45) is 1.03. The van der Waals surface area contributed by atoms with Gasteiger partial charge in [-0.2, -0.15) is 5.10 Å². The highest BCUT2D eigenvalue weighted by atomic mass is 79.9. The molecule has 27 heavy (non-hydrogen) atoms. The van der Waals surface area contributed by atoms with E-state index in [1.807, 2.05) is 0 Å². The number of benzene rings is 2. The number of rotatable bonds is 5. The number of halogens is 3. The van der Waals surface area contributed by atoms with Crippen LogP contribution in [0.15, 0.2) is 39.9 Å². The standard InChI is InChI=1S/C17H12BrCl2N3O4/c18-11-5-15-14(26-8-27-15)3-9(11)7-21-23-17(25)6-16(24)22-10-1-2-12(19)13(20)4-10/h1-5,7H,6,8H2,(H,22,24)(H,23,25). The third-order valence-corrected chi connectivity index (χ3v) is 4.84. The van der Waals surface area contributed by atoms with Gasteiger partial charge in [0, 0.05) is 15.7 Å². The Labute approximate surface area is 172 Å². The fraction of sp³-hybridized carbons (Fsp3) is 0.118. The van der Waals surface area contributed by atoms with Crippen molar-refractivity contribution in [2.75, 3.05) is 12.1 Å². The maximum absolute atomic E-state index is 11.9. The van der Waals surface area contributed by atoms with Crippen LogP contribution >= 0.6 is 39.1 Å². The summed E-state index contributed by atoms with van der Waals surface area (Å²) in [6, 6.07) is 8.09. The van der Waals surface area contributed by atoms with E-state index in [0.717, 1.165) is 4.47 Å². The first-order chi connectivity index (χ1) is 12.9. The van der Waals surface area contributed by atoms with Gasteiger partial charge in [0.15, 0.2) is 11.5 Å². The molecule has 2 N–H and O–H groups in total. The molecule has 0 bridgehead atoms. The second kappa shape index (κ2) is 8.60. The topological polar surface area (TPSA) is 89.0 Å². The average Bonchev–Trinajstić information content (AvgIpc) is 3.05. The van der Waals surface area contributed by atoms with Crippen molar-refractivity contribution >= 4 is 62.8 Å². The van der Waals surface area contributed by atoms with E-state index in [4.69, 9.17) is 32.7 Å². The number of hydrogen-bond donors (Lipinski definition) is 2. The number of ether oxygens (including phenoxy) is 2. The molecule has 1 aliphatic heterocycles. The van der Waals surface area contributed by atoms with E-state index in [-0.39, 0.29) is 6.79 Å². The minimum atomic E-state index is -0.569. The number of nitrogens with one attached hydrogen (secondary N) is 2. The molecule has 1 aliphatic rings. The van der Waals surface area contributed by atoms with Crippen LogP contribution < -0.4 is 20.2 Å². The van der Waals surface area contributed by atoms with Crippen LogP contribution in [0.1, 0.15) is 12.0 Å². The third-order valence-electron chi connectivity index (χ3n) is 3.41. The molecule has 10 heteroatoms. The summed E-state index contributed by atoms with van der Waals surface area (Å²) < 4.78 is 11.3. The molecule has 0 fully saturated rings. The van der Waals surface area contributed by atoms with E-state index < -0.39 is 18.2 Å². The number of nitrogens with zero attached hydrogens (tertiary/aromatic N) is 1. The number of carbonyl (C=O) groups is 2. The molecule has 1 heterocycles. The molecule has 0 atom stereocenters. The van der Waals surface area contributed by atoms with Gasteiger partial charge in [0.2, 0.25) is 18.6 Å². The quantitative estimate of drug-likeness (QED) is 0.391. The Bertz CT molecular complexity index is 937. The molecule has 3 rings (SSSR count). The lowest BCUT2D eigenvalue weighted by Gasteiger charge is -2.06. The van der Waals surface area contributed by atoms with Crippen molar-refractivity contribution in [1.29, 1.82) is 0 Å². The van der Waals surface area contributed by atoms with Crippen LogP contribution in [0.3, 0.4) is 0 Å². The Balaban J connectivity index is 1.52. The average molecular weight is 473 g/mol. The van der Waals surface area contributed by atoms with Crippen molar-refractivity contribution in [3.63, 3.8) is 0 Å². The van der Waals surface area contributed by atoms with Gasteiger partial charge in [-0.3, -0.25) is 9.59 Å². The highest BCUT2D eigenvalue weighted by Crippen LogP contribution is 2.36. The van der Waals surface area contributed by atoms with Crippen LogP contribution in [-0.4, -0.2) is 24.8 Å². The van der Waals surface area contributed by atoms with Crippen LogP contribution in [0.4, 0.5) is 5.69 Å². The van der Waals surface area contributed by atoms with Gasteiger partial charge in [0.1, 0.15) is 6.42 Å². The molecule has 0 unspecified atom stereocenters. The van der Waals surface area contributed by atoms with E-state index in [2.05, 4.69) is 31.8 Å². The van der Waals surface area contributed by atoms with Crippen molar-refractivity contribution in [3.8, 4) is 11.5 Å². The van der Waals surface area contributed by atoms with Crippen molar-refractivity contribution in [2.45, 2.75) is 6.42 Å². The van der Waals surface area contributed by atoms with Gasteiger partial charge in [0.25, 0.3) is 0 Å². The van der Waals surface area contributed by atoms with Crippen molar-refractivity contribution in [1.82, 2.24) is 5.43 Å². The maximum Gasteiger partial charge on any atom is 0.249 e. The van der Waals surface area contributed by atoms with E-state index in [1.54, 1.807) is 24.3 Å². The van der Waals surface area contributed by atoms with Crippen molar-refractivity contribution in [2.24, 2.45) is 5.10 Å². The molecule has 0 saturated carbocycles. The number of amides is 2. The normalized spacial score (nSPS) is 12.3. The molecule has 0 aliphatic carbocycles. The summed E-state index contributed by atoms with van der Waals surface area (Å²) >= 11 is 15.1. The predicted octanol–water partition coefficient (Wildman–Crippen LogP) is 3.96. The monoisotopic (exact) mass is 471 g/mol. The molecule has 2 amide bonds. The molecule has 0 spiro atoms. The SMILES string of the molecule is O=C(CC(=O)Nc1ccc(Cl)c(Cl)c1)NN=Cc1cc2c(cc1Br)OCO2. The van der Waals surface area contributed by atoms with Crippen LogP contribution in [-0.2, 0) is 9.59 Å². The second-order valence-corrected chi connectivity index (χ2v) is 7.04. The molecule has 2 aromatic rings. The van der Waals surface area contributed by atoms with Gasteiger partial charge in [-0.25, -0.2) is 5.43 Å². The van der Waals surface area contributed by atoms with Crippen LogP contribution in [0.2, 0.25) is 10.0 Å². The number of hydrogen-bond acceptors (Lipinski definition) is 5. The summed E-state index contributed by atoms with van der Waals surface area (Å²) in [6.45, 7) is 0.160. The van der Waals surface area contributed by atoms with Crippen LogP contribution in [0, 0.1) is 0 Å². The molecular weight excluding hydrogens is 461 g/mol. The third kappa shape index (κ3) is 5.12. The molecule has 140 valence electrons. The number of carbonyl (C=O) groups excluding carboxylic acids is 2. The van der Waals surface area contributed by atoms with E-state index in [1.165, 1.54) is 12.3 Å². The van der Waals surface area contributed by atoms with E-state index in [0.29, 0.717) is 32.8 Å². The summed E-state index contributed by atoms with van der Waals surface area (Å²) in [5, 5.41) is 7.07. The highest BCUT2D eigenvalue weighted by Gasteiger charge is 2.15. The Morgan fingerprint density at radius 3 is 2.59 bits per heavy atom. The molecule has 0 radical (unpaired) electrons. The zero-order valence-electron chi connectivity index (χ0n) is 13.6. The van der Waals surface area contributed by atoms with Gasteiger partial charge in [0.05, 0.1) is 16.3 Å². The first-order valence-corrected chi connectivity index (χ1v) is 9.13. The summed E-state index contributed by atoms with van der Waals surface area (Å²) in [7, 11) is 0. The van der Waals surface area contributed by atoms with E-state index >= 15 is 0 Å². The number of hydrazone groups is 1. The first kappa shape index (κ1) is 19.5. The van der Waals surface area contributed by atoms with E-state index in [9.17, 15) is 9.59 Å². The Morgan fingerprint density at radius 2 is 1.85 bits per heavy atom. The highest BCUT2D eigenvalue weighted by molar-refractivity contribution is 9.10. The minimum absolute atomic E-state index is 0.160. The summed E-state index contributed by atoms with van der Waals surface area (Å²) in [5.41, 5.74) is 3.41. The zero-order chi connectivity index (χ0) is 19.4. The van der Waals surface area contributed by atoms with Gasteiger partial charge in [-0.15, -0.1) is 0 Å². The molecule has 0 aromatic heterocycles. The Kier molecular flexibility index (Phi) is 6.20. The van der Waals surface area contributed by atoms with Gasteiger partial charge >= 0.3 is 0 Å². The molecular formula is C17H12BrCl2N3O4. The lowest BCUT2D eigenvalue weighted by atomic mass is 10.2. The summed E-state index contributed by atoms with van der Waals surface area (Å²) in [4.78, 5) is 23.7. The van der Waals surface area contributed by atoms with Gasteiger partial charge < -0.3 is 14.8 Å². The van der Waals surface area contributed by atoms with Crippen molar-refractivity contribution in [3.05, 3.63) is 50.4 Å². The summed E-state index contributed by atoms with van der Waals surface area (Å²) in [5.74, 6) is 0.139. The zero-order valence-corrected chi connectivity index (χ0v) is 16.7. The Morgan fingerprint density at radius 1 is 1.11 bits per heavy atom. The second-order valence-electron chi connectivity index (χ2n) is 5.37. The molecule has 2 aromatic carbocycles. The van der Waals surface area contributed by atoms with Crippen LogP contribution in [0.5, 0.6) is 11.5 Å². The molecule has 0 saturated heterocycles. The van der Waals surface area contributed by atoms with Crippen LogP contribution in [0.25, 0.3) is 0 Å².